The monoisotopic (exact) mass is 453 g/mol. The molecule has 2 aromatic carbocycles. The Morgan fingerprint density at radius 3 is 2.65 bits per heavy atom. The van der Waals surface area contributed by atoms with E-state index in [0.717, 1.165) is 73.6 Å². The number of hydrogen-bond donors (Lipinski definition) is 1. The van der Waals surface area contributed by atoms with Gasteiger partial charge in [0, 0.05) is 30.9 Å². The van der Waals surface area contributed by atoms with Gasteiger partial charge in [0.15, 0.2) is 0 Å². The average Bonchev–Trinajstić information content (AvgIpc) is 3.23. The number of carbonyl (C=O) groups is 1. The fourth-order valence-corrected chi connectivity index (χ4v) is 5.02. The molecule has 6 nitrogen and oxygen atoms in total. The van der Waals surface area contributed by atoms with Crippen LogP contribution in [0.2, 0.25) is 0 Å². The summed E-state index contributed by atoms with van der Waals surface area (Å²) in [7, 11) is 0. The van der Waals surface area contributed by atoms with Gasteiger partial charge >= 0.3 is 0 Å². The topological polar surface area (TPSA) is 63.1 Å². The highest BCUT2D eigenvalue weighted by molar-refractivity contribution is 5.88. The third-order valence-corrected chi connectivity index (χ3v) is 6.70. The number of pyridine rings is 1. The Balaban J connectivity index is 1.20. The number of benzene rings is 2. The smallest absolute Gasteiger partial charge is 0.221 e. The molecule has 1 aliphatic heterocycles. The number of likely N-dealkylation sites (tertiary alicyclic amines) is 1. The number of carbonyl (C=O) groups excluding carboxylic acids is 1. The van der Waals surface area contributed by atoms with Crippen molar-refractivity contribution in [3.05, 3.63) is 78.6 Å². The first-order chi connectivity index (χ1) is 16.7. The highest BCUT2D eigenvalue weighted by Crippen LogP contribution is 2.30. The molecule has 174 valence electrons. The number of hydrogen-bond acceptors (Lipinski definition) is 4. The van der Waals surface area contributed by atoms with Gasteiger partial charge in [-0.05, 0) is 68.6 Å². The van der Waals surface area contributed by atoms with E-state index in [4.69, 9.17) is 4.98 Å². The first kappa shape index (κ1) is 22.3. The minimum atomic E-state index is -0.0242. The highest BCUT2D eigenvalue weighted by atomic mass is 16.1. The summed E-state index contributed by atoms with van der Waals surface area (Å²) >= 11 is 0. The number of nitrogens with zero attached hydrogens (tertiary/aromatic N) is 4. The third-order valence-electron chi connectivity index (χ3n) is 6.70. The van der Waals surface area contributed by atoms with Crippen molar-refractivity contribution in [1.29, 1.82) is 0 Å². The zero-order valence-electron chi connectivity index (χ0n) is 19.7. The number of imidazole rings is 1. The molecule has 0 unspecified atom stereocenters. The molecule has 0 bridgehead atoms. The predicted octanol–water partition coefficient (Wildman–Crippen LogP) is 5.33. The van der Waals surface area contributed by atoms with Crippen LogP contribution in [-0.2, 0) is 11.3 Å². The summed E-state index contributed by atoms with van der Waals surface area (Å²) < 4.78 is 2.32. The molecule has 1 saturated heterocycles. The van der Waals surface area contributed by atoms with E-state index in [1.165, 1.54) is 5.56 Å². The molecule has 4 aromatic rings. The largest absolute Gasteiger partial charge is 0.326 e. The number of nitrogens with one attached hydrogen (secondary N) is 1. The normalized spacial score (nSPS) is 15.0. The van der Waals surface area contributed by atoms with Gasteiger partial charge < -0.3 is 14.8 Å². The standard InChI is InChI=1S/C28H31N5O/c1-21(34)30-25-10-5-9-24(19-25)22-12-17-32(18-13-22)15-6-16-33-27-20-29-14-11-26(27)31-28(33)23-7-3-2-4-8-23/h2-5,7-11,14,19-20,22H,6,12-13,15-18H2,1H3,(H,30,34). The molecule has 5 rings (SSSR count). The van der Waals surface area contributed by atoms with Crippen LogP contribution in [0.3, 0.4) is 0 Å². The van der Waals surface area contributed by atoms with Crippen molar-refractivity contribution in [2.45, 2.75) is 38.6 Å². The maximum Gasteiger partial charge on any atom is 0.221 e. The van der Waals surface area contributed by atoms with Gasteiger partial charge in [-0.2, -0.15) is 0 Å². The van der Waals surface area contributed by atoms with Crippen LogP contribution in [0.15, 0.2) is 73.1 Å². The van der Waals surface area contributed by atoms with E-state index in [2.05, 4.69) is 56.2 Å². The Morgan fingerprint density at radius 1 is 1.03 bits per heavy atom. The Hall–Kier alpha value is -3.51. The summed E-state index contributed by atoms with van der Waals surface area (Å²) in [5.74, 6) is 1.54. The summed E-state index contributed by atoms with van der Waals surface area (Å²) in [5.41, 5.74) is 5.45. The number of piperidine rings is 1. The van der Waals surface area contributed by atoms with Gasteiger partial charge in [0.05, 0.1) is 17.2 Å². The molecule has 1 aliphatic rings. The van der Waals surface area contributed by atoms with Crippen LogP contribution < -0.4 is 5.32 Å². The summed E-state index contributed by atoms with van der Waals surface area (Å²) in [6.07, 6.45) is 7.11. The Morgan fingerprint density at radius 2 is 1.85 bits per heavy atom. The molecule has 0 atom stereocenters. The Kier molecular flexibility index (Phi) is 6.67. The SMILES string of the molecule is CC(=O)Nc1cccc(C2CCN(CCCn3c(-c4ccccc4)nc4ccncc43)CC2)c1. The maximum atomic E-state index is 11.4. The van der Waals surface area contributed by atoms with Crippen LogP contribution >= 0.6 is 0 Å². The van der Waals surface area contributed by atoms with Gasteiger partial charge in [-0.25, -0.2) is 4.98 Å². The highest BCUT2D eigenvalue weighted by Gasteiger charge is 2.21. The number of aryl methyl sites for hydroxylation is 1. The van der Waals surface area contributed by atoms with Crippen LogP contribution in [-0.4, -0.2) is 45.0 Å². The Labute approximate surface area is 200 Å². The molecule has 1 amide bonds. The predicted molar refractivity (Wildman–Crippen MR) is 137 cm³/mol. The van der Waals surface area contributed by atoms with E-state index in [9.17, 15) is 4.79 Å². The molecule has 1 fully saturated rings. The molecule has 6 heteroatoms. The molecule has 1 N–H and O–H groups in total. The van der Waals surface area contributed by atoms with Crippen LogP contribution in [0.1, 0.15) is 37.7 Å². The lowest BCUT2D eigenvalue weighted by molar-refractivity contribution is -0.114. The van der Waals surface area contributed by atoms with Crippen molar-refractivity contribution in [3.63, 3.8) is 0 Å². The summed E-state index contributed by atoms with van der Waals surface area (Å²) in [4.78, 5) is 23.2. The van der Waals surface area contributed by atoms with Crippen LogP contribution in [0.4, 0.5) is 5.69 Å². The molecule has 0 radical (unpaired) electrons. The molecular weight excluding hydrogens is 422 g/mol. The van der Waals surface area contributed by atoms with E-state index in [1.54, 1.807) is 6.92 Å². The molecule has 2 aromatic heterocycles. The molecule has 0 aliphatic carbocycles. The lowest BCUT2D eigenvalue weighted by Crippen LogP contribution is -2.34. The summed E-state index contributed by atoms with van der Waals surface area (Å²) in [6, 6.07) is 20.7. The third kappa shape index (κ3) is 5.02. The summed E-state index contributed by atoms with van der Waals surface area (Å²) in [5, 5.41) is 2.90. The second kappa shape index (κ2) is 10.2. The lowest BCUT2D eigenvalue weighted by Gasteiger charge is -2.32. The van der Waals surface area contributed by atoms with Crippen molar-refractivity contribution < 1.29 is 4.79 Å². The number of aromatic nitrogens is 3. The van der Waals surface area contributed by atoms with Crippen molar-refractivity contribution in [2.75, 3.05) is 25.0 Å². The fourth-order valence-electron chi connectivity index (χ4n) is 5.02. The van der Waals surface area contributed by atoms with Crippen LogP contribution in [0, 0.1) is 0 Å². The van der Waals surface area contributed by atoms with Gasteiger partial charge in [-0.3, -0.25) is 9.78 Å². The number of fused-ring (bicyclic) bond motifs is 1. The minimum absolute atomic E-state index is 0.0242. The zero-order chi connectivity index (χ0) is 23.3. The molecular formula is C28H31N5O. The van der Waals surface area contributed by atoms with Crippen LogP contribution in [0.5, 0.6) is 0 Å². The number of rotatable bonds is 7. The van der Waals surface area contributed by atoms with Crippen LogP contribution in [0.25, 0.3) is 22.4 Å². The van der Waals surface area contributed by atoms with Gasteiger partial charge in [0.2, 0.25) is 5.91 Å². The van der Waals surface area contributed by atoms with E-state index < -0.39 is 0 Å². The second-order valence-electron chi connectivity index (χ2n) is 9.09. The van der Waals surface area contributed by atoms with Crippen molar-refractivity contribution >= 4 is 22.6 Å². The molecule has 0 spiro atoms. The van der Waals surface area contributed by atoms with Gasteiger partial charge in [-0.1, -0.05) is 42.5 Å². The van der Waals surface area contributed by atoms with Crippen molar-refractivity contribution in [1.82, 2.24) is 19.4 Å². The van der Waals surface area contributed by atoms with E-state index in [1.807, 2.05) is 36.7 Å². The lowest BCUT2D eigenvalue weighted by atomic mass is 9.89. The summed E-state index contributed by atoms with van der Waals surface area (Å²) in [6.45, 7) is 5.76. The average molecular weight is 454 g/mol. The molecule has 34 heavy (non-hydrogen) atoms. The fraction of sp³-hybridized carbons (Fsp3) is 0.321. The van der Waals surface area contributed by atoms with E-state index >= 15 is 0 Å². The van der Waals surface area contributed by atoms with Gasteiger partial charge in [0.25, 0.3) is 0 Å². The second-order valence-corrected chi connectivity index (χ2v) is 9.09. The quantitative estimate of drug-likeness (QED) is 0.411. The van der Waals surface area contributed by atoms with Crippen molar-refractivity contribution in [2.24, 2.45) is 0 Å². The number of amides is 1. The molecule has 0 saturated carbocycles. The zero-order valence-corrected chi connectivity index (χ0v) is 19.7. The van der Waals surface area contributed by atoms with E-state index in [0.29, 0.717) is 5.92 Å². The first-order valence-electron chi connectivity index (χ1n) is 12.1. The first-order valence-corrected chi connectivity index (χ1v) is 12.1. The Bertz CT molecular complexity index is 1260. The van der Waals surface area contributed by atoms with Crippen molar-refractivity contribution in [3.8, 4) is 11.4 Å². The maximum absolute atomic E-state index is 11.4. The van der Waals surface area contributed by atoms with Gasteiger partial charge in [0.1, 0.15) is 5.82 Å². The minimum Gasteiger partial charge on any atom is -0.326 e. The molecule has 3 heterocycles. The van der Waals surface area contributed by atoms with Gasteiger partial charge in [-0.15, -0.1) is 0 Å². The van der Waals surface area contributed by atoms with E-state index in [-0.39, 0.29) is 5.91 Å². The number of anilines is 1.